The van der Waals surface area contributed by atoms with Crippen LogP contribution in [0.15, 0.2) is 103 Å². The molecule has 2 aliphatic carbocycles. The smallest absolute Gasteiger partial charge is 0.335 e. The Kier molecular flexibility index (Phi) is 7.67. The summed E-state index contributed by atoms with van der Waals surface area (Å²) in [4.78, 5) is 15.2. The summed E-state index contributed by atoms with van der Waals surface area (Å²) in [6, 6.07) is 22.7. The normalized spacial score (nSPS) is 13.8. The van der Waals surface area contributed by atoms with Gasteiger partial charge >= 0.3 is 5.97 Å². The first-order valence-electron chi connectivity index (χ1n) is 13.3. The molecule has 0 radical (unpaired) electrons. The average Bonchev–Trinajstić information content (AvgIpc) is 3.51. The van der Waals surface area contributed by atoms with Gasteiger partial charge in [-0.3, -0.25) is 0 Å². The summed E-state index contributed by atoms with van der Waals surface area (Å²) in [5.41, 5.74) is 8.69. The van der Waals surface area contributed by atoms with Crippen molar-refractivity contribution >= 4 is 45.5 Å². The van der Waals surface area contributed by atoms with Crippen LogP contribution in [0.25, 0.3) is 32.8 Å². The number of benzene rings is 4. The van der Waals surface area contributed by atoms with Gasteiger partial charge in [0.15, 0.2) is 0 Å². The first kappa shape index (κ1) is 26.5. The number of carbonyl (C=O) groups is 1. The molecule has 196 valence electrons. The van der Waals surface area contributed by atoms with Gasteiger partial charge in [-0.1, -0.05) is 73.2 Å². The number of aromatic nitrogens is 2. The van der Waals surface area contributed by atoms with Gasteiger partial charge in [-0.2, -0.15) is 0 Å². The molecule has 0 aliphatic heterocycles. The zero-order chi connectivity index (χ0) is 26.1. The van der Waals surface area contributed by atoms with E-state index < -0.39 is 5.97 Å². The zero-order valence-corrected chi connectivity index (χ0v) is 22.7. The van der Waals surface area contributed by atoms with E-state index in [1.807, 2.05) is 29.0 Å². The van der Waals surface area contributed by atoms with Crippen molar-refractivity contribution < 1.29 is 9.90 Å². The van der Waals surface area contributed by atoms with E-state index in [9.17, 15) is 4.79 Å². The Balaban J connectivity index is 0.000000155. The molecule has 39 heavy (non-hydrogen) atoms. The van der Waals surface area contributed by atoms with Crippen LogP contribution < -0.4 is 0 Å². The number of aryl methyl sites for hydroxylation is 2. The Morgan fingerprint density at radius 1 is 0.949 bits per heavy atom. The summed E-state index contributed by atoms with van der Waals surface area (Å²) in [5.74, 6) is -0.901. The number of nitrogens with zero attached hydrogens (tertiary/aromatic N) is 2. The number of hydrogen-bond acceptors (Lipinski definition) is 2. The predicted molar refractivity (Wildman–Crippen MR) is 162 cm³/mol. The number of aromatic carboxylic acids is 1. The van der Waals surface area contributed by atoms with Crippen molar-refractivity contribution in [2.45, 2.75) is 39.0 Å². The highest BCUT2D eigenvalue weighted by Crippen LogP contribution is 2.39. The number of carboxylic acids is 1. The van der Waals surface area contributed by atoms with Crippen LogP contribution in [-0.4, -0.2) is 20.6 Å². The van der Waals surface area contributed by atoms with E-state index in [1.165, 1.54) is 47.6 Å². The fourth-order valence-corrected chi connectivity index (χ4v) is 5.90. The number of carboxylic acid groups (broad SMARTS) is 1. The number of allylic oxidation sites excluding steroid dienone is 4. The lowest BCUT2D eigenvalue weighted by Gasteiger charge is -2.25. The minimum absolute atomic E-state index is 0. The Morgan fingerprint density at radius 2 is 1.74 bits per heavy atom. The molecule has 0 bridgehead atoms. The third-order valence-electron chi connectivity index (χ3n) is 7.78. The maximum absolute atomic E-state index is 11.1. The van der Waals surface area contributed by atoms with Crippen molar-refractivity contribution in [2.75, 3.05) is 0 Å². The predicted octanol–water partition coefficient (Wildman–Crippen LogP) is 8.60. The van der Waals surface area contributed by atoms with Crippen molar-refractivity contribution in [3.8, 4) is 5.69 Å². The molecular formula is C34H31ClN2O2. The van der Waals surface area contributed by atoms with Gasteiger partial charge < -0.3 is 9.67 Å². The molecule has 4 aromatic carbocycles. The summed E-state index contributed by atoms with van der Waals surface area (Å²) in [6.45, 7) is 2.07. The van der Waals surface area contributed by atoms with Gasteiger partial charge in [0.2, 0.25) is 0 Å². The zero-order valence-electron chi connectivity index (χ0n) is 21.9. The largest absolute Gasteiger partial charge is 0.478 e. The lowest BCUT2D eigenvalue weighted by atomic mass is 9.80. The molecule has 2 aliphatic rings. The van der Waals surface area contributed by atoms with Crippen LogP contribution in [0.4, 0.5) is 0 Å². The molecule has 0 spiro atoms. The molecule has 0 atom stereocenters. The Hall–Kier alpha value is -4.15. The van der Waals surface area contributed by atoms with Gasteiger partial charge in [0, 0.05) is 12.4 Å². The Labute approximate surface area is 234 Å². The van der Waals surface area contributed by atoms with Crippen LogP contribution in [0.5, 0.6) is 0 Å². The standard InChI is InChI=1S/C18H16.C16H14N2O2.ClH/c1-3-7-15-13(5-1)9-11-18-16-8-4-2-6-14(16)10-12-17(15)18;1-2-13-14-9-12(16(19)20)4-3-11(14)5-6-15(13)18-8-7-17-10-18;/h1,3-5,7-9,11H,2,6,10,12H2;3-10H,2H2,1H3,(H,19,20);1H. The second-order valence-corrected chi connectivity index (χ2v) is 9.90. The van der Waals surface area contributed by atoms with Crippen molar-refractivity contribution in [2.24, 2.45) is 0 Å². The molecule has 1 N–H and O–H groups in total. The molecule has 0 amide bonds. The highest BCUT2D eigenvalue weighted by molar-refractivity contribution is 5.97. The first-order valence-corrected chi connectivity index (χ1v) is 13.3. The van der Waals surface area contributed by atoms with E-state index in [4.69, 9.17) is 5.11 Å². The van der Waals surface area contributed by atoms with Crippen LogP contribution in [0.2, 0.25) is 0 Å². The van der Waals surface area contributed by atoms with Crippen LogP contribution in [-0.2, 0) is 12.8 Å². The summed E-state index contributed by atoms with van der Waals surface area (Å²) < 4.78 is 1.95. The second kappa shape index (κ2) is 11.3. The Bertz CT molecular complexity index is 1730. The SMILES string of the molecule is C1=CC2=C(CC1)CCc1c2ccc2ccccc12.CCc1c(-n2ccnc2)ccc2ccc(C(=O)O)cc12.Cl. The van der Waals surface area contributed by atoms with Gasteiger partial charge in [0.05, 0.1) is 17.6 Å². The third kappa shape index (κ3) is 5.00. The van der Waals surface area contributed by atoms with Crippen molar-refractivity contribution in [1.82, 2.24) is 9.55 Å². The van der Waals surface area contributed by atoms with Gasteiger partial charge in [0.25, 0.3) is 0 Å². The molecule has 1 heterocycles. The lowest BCUT2D eigenvalue weighted by Crippen LogP contribution is -2.06. The third-order valence-corrected chi connectivity index (χ3v) is 7.78. The minimum atomic E-state index is -0.901. The first-order chi connectivity index (χ1) is 18.6. The number of hydrogen-bond donors (Lipinski definition) is 1. The summed E-state index contributed by atoms with van der Waals surface area (Å²) in [7, 11) is 0. The molecule has 4 nitrogen and oxygen atoms in total. The highest BCUT2D eigenvalue weighted by atomic mass is 35.5. The summed E-state index contributed by atoms with van der Waals surface area (Å²) in [6.07, 6.45) is 15.8. The second-order valence-electron chi connectivity index (χ2n) is 9.90. The van der Waals surface area contributed by atoms with E-state index in [1.54, 1.807) is 35.8 Å². The molecule has 0 unspecified atom stereocenters. The van der Waals surface area contributed by atoms with E-state index in [2.05, 4.69) is 60.5 Å². The van der Waals surface area contributed by atoms with E-state index >= 15 is 0 Å². The number of imidazole rings is 1. The van der Waals surface area contributed by atoms with Gasteiger partial charge in [0.1, 0.15) is 0 Å². The average molecular weight is 535 g/mol. The van der Waals surface area contributed by atoms with Crippen LogP contribution in [0.1, 0.15) is 53.2 Å². The molecule has 5 heteroatoms. The molecule has 0 saturated heterocycles. The van der Waals surface area contributed by atoms with Crippen LogP contribution >= 0.6 is 12.4 Å². The van der Waals surface area contributed by atoms with Crippen molar-refractivity contribution in [3.63, 3.8) is 0 Å². The number of fused-ring (bicyclic) bond motifs is 5. The lowest BCUT2D eigenvalue weighted by molar-refractivity contribution is 0.0697. The quantitative estimate of drug-likeness (QED) is 0.252. The van der Waals surface area contributed by atoms with Gasteiger partial charge in [-0.05, 0) is 94.1 Å². The van der Waals surface area contributed by atoms with Crippen LogP contribution in [0, 0.1) is 0 Å². The fourth-order valence-electron chi connectivity index (χ4n) is 5.90. The van der Waals surface area contributed by atoms with E-state index in [0.29, 0.717) is 5.56 Å². The van der Waals surface area contributed by atoms with Crippen LogP contribution in [0.3, 0.4) is 0 Å². The maximum atomic E-state index is 11.1. The van der Waals surface area contributed by atoms with Gasteiger partial charge in [-0.15, -0.1) is 12.4 Å². The highest BCUT2D eigenvalue weighted by Gasteiger charge is 2.20. The number of halogens is 1. The summed E-state index contributed by atoms with van der Waals surface area (Å²) >= 11 is 0. The molecule has 1 aromatic heterocycles. The fraction of sp³-hybridized carbons (Fsp3) is 0.176. The summed E-state index contributed by atoms with van der Waals surface area (Å²) in [5, 5.41) is 14.0. The monoisotopic (exact) mass is 534 g/mol. The van der Waals surface area contributed by atoms with Crippen molar-refractivity contribution in [1.29, 1.82) is 0 Å². The van der Waals surface area contributed by atoms with Crippen molar-refractivity contribution in [3.05, 3.63) is 125 Å². The van der Waals surface area contributed by atoms with E-state index in [0.717, 1.165) is 28.4 Å². The minimum Gasteiger partial charge on any atom is -0.478 e. The molecule has 7 rings (SSSR count). The molecule has 5 aromatic rings. The molecule has 0 saturated carbocycles. The number of rotatable bonds is 3. The topological polar surface area (TPSA) is 55.1 Å². The Morgan fingerprint density at radius 3 is 2.54 bits per heavy atom. The van der Waals surface area contributed by atoms with E-state index in [-0.39, 0.29) is 12.4 Å². The molecular weight excluding hydrogens is 504 g/mol. The molecule has 0 fully saturated rings. The van der Waals surface area contributed by atoms with Gasteiger partial charge in [-0.25, -0.2) is 9.78 Å². The maximum Gasteiger partial charge on any atom is 0.335 e.